The molecule has 0 aromatic heterocycles. The number of rotatable bonds is 13. The number of nitrogens with two attached hydrogens (primary N) is 1. The molecule has 0 aromatic rings. The van der Waals surface area contributed by atoms with Crippen molar-refractivity contribution in [2.75, 3.05) is 18.9 Å². The Morgan fingerprint density at radius 2 is 2.04 bits per heavy atom. The van der Waals surface area contributed by atoms with E-state index in [1.807, 2.05) is 35.4 Å². The predicted molar refractivity (Wildman–Crippen MR) is 112 cm³/mol. The third-order valence-electron chi connectivity index (χ3n) is 4.83. The predicted octanol–water partition coefficient (Wildman–Crippen LogP) is 4.52. The second-order valence-electron chi connectivity index (χ2n) is 8.07. The molecule has 1 heterocycles. The van der Waals surface area contributed by atoms with Crippen LogP contribution in [-0.4, -0.2) is 41.2 Å². The van der Waals surface area contributed by atoms with Crippen molar-refractivity contribution in [3.63, 3.8) is 0 Å². The topological polar surface area (TPSA) is 64.3 Å². The minimum Gasteiger partial charge on any atom is -0.375 e. The molecule has 4 nitrogen and oxygen atoms in total. The number of ether oxygens (including phenoxy) is 1. The summed E-state index contributed by atoms with van der Waals surface area (Å²) in [6.07, 6.45) is 8.02. The van der Waals surface area contributed by atoms with Crippen LogP contribution in [0.15, 0.2) is 0 Å². The van der Waals surface area contributed by atoms with E-state index in [1.54, 1.807) is 0 Å². The van der Waals surface area contributed by atoms with Crippen LogP contribution in [0.25, 0.3) is 0 Å². The minimum absolute atomic E-state index is 0.176. The lowest BCUT2D eigenvalue weighted by molar-refractivity contribution is -0.121. The molecule has 0 spiro atoms. The summed E-state index contributed by atoms with van der Waals surface area (Å²) in [5.74, 6) is 1.46. The molecule has 0 saturated carbocycles. The monoisotopic (exact) mass is 390 g/mol. The molecule has 3 N–H and O–H groups in total. The quantitative estimate of drug-likeness (QED) is 0.357. The van der Waals surface area contributed by atoms with Gasteiger partial charge in [0.05, 0.1) is 5.60 Å². The number of amides is 1. The lowest BCUT2D eigenvalue weighted by atomic mass is 9.98. The highest BCUT2D eigenvalue weighted by molar-refractivity contribution is 8.77. The van der Waals surface area contributed by atoms with Gasteiger partial charge in [0.15, 0.2) is 0 Å². The van der Waals surface area contributed by atoms with E-state index >= 15 is 0 Å². The first kappa shape index (κ1) is 23.1. The van der Waals surface area contributed by atoms with Crippen LogP contribution in [0.5, 0.6) is 0 Å². The highest BCUT2D eigenvalue weighted by atomic mass is 33.1. The number of hydrogen-bond donors (Lipinski definition) is 2. The summed E-state index contributed by atoms with van der Waals surface area (Å²) in [7, 11) is 4.01. The van der Waals surface area contributed by atoms with E-state index in [4.69, 9.17) is 10.5 Å². The van der Waals surface area contributed by atoms with Crippen LogP contribution >= 0.6 is 21.6 Å². The van der Waals surface area contributed by atoms with Crippen molar-refractivity contribution in [3.8, 4) is 0 Å². The van der Waals surface area contributed by atoms with Crippen LogP contribution in [0.1, 0.15) is 79.1 Å². The van der Waals surface area contributed by atoms with Gasteiger partial charge in [0, 0.05) is 36.1 Å². The highest BCUT2D eigenvalue weighted by Gasteiger charge is 2.24. The van der Waals surface area contributed by atoms with Gasteiger partial charge in [-0.25, -0.2) is 0 Å². The van der Waals surface area contributed by atoms with Gasteiger partial charge in [-0.1, -0.05) is 34.9 Å². The number of carbonyl (C=O) groups is 1. The molecule has 25 heavy (non-hydrogen) atoms. The van der Waals surface area contributed by atoms with Gasteiger partial charge in [0.25, 0.3) is 0 Å². The van der Waals surface area contributed by atoms with Crippen LogP contribution in [0, 0.1) is 0 Å². The van der Waals surface area contributed by atoms with Crippen LogP contribution in [0.3, 0.4) is 0 Å². The van der Waals surface area contributed by atoms with Gasteiger partial charge in [0.1, 0.15) is 0 Å². The second kappa shape index (κ2) is 11.7. The summed E-state index contributed by atoms with van der Waals surface area (Å²) in [6.45, 7) is 9.65. The van der Waals surface area contributed by atoms with E-state index in [0.717, 1.165) is 37.4 Å². The molecule has 2 unspecified atom stereocenters. The molecule has 1 aliphatic heterocycles. The average Bonchev–Trinajstić information content (AvgIpc) is 3.03. The zero-order valence-electron chi connectivity index (χ0n) is 16.6. The van der Waals surface area contributed by atoms with E-state index in [0.29, 0.717) is 19.6 Å². The molecule has 0 radical (unpaired) electrons. The lowest BCUT2D eigenvalue weighted by Gasteiger charge is -2.30. The molecular weight excluding hydrogens is 352 g/mol. The minimum atomic E-state index is -0.196. The van der Waals surface area contributed by atoms with Crippen molar-refractivity contribution in [2.24, 2.45) is 5.73 Å². The number of nitrogens with one attached hydrogen (secondary N) is 1. The molecule has 148 valence electrons. The van der Waals surface area contributed by atoms with Crippen molar-refractivity contribution in [2.45, 2.75) is 95.5 Å². The first-order valence-electron chi connectivity index (χ1n) is 9.72. The van der Waals surface area contributed by atoms with Crippen molar-refractivity contribution in [1.29, 1.82) is 0 Å². The van der Waals surface area contributed by atoms with Gasteiger partial charge < -0.3 is 15.8 Å². The standard InChI is InChI=1S/C19H38N2O2S2/c1-5-19(4,23-14-12-18(2,3)20)11-13-21-17(22)9-7-6-8-16-10-15-24-25-16/h16H,5-15,20H2,1-4H3,(H,21,22). The van der Waals surface area contributed by atoms with Crippen LogP contribution in [0.2, 0.25) is 0 Å². The Morgan fingerprint density at radius 3 is 2.64 bits per heavy atom. The maximum atomic E-state index is 12.0. The number of unbranched alkanes of at least 4 members (excludes halogenated alkanes) is 1. The van der Waals surface area contributed by atoms with Crippen molar-refractivity contribution < 1.29 is 9.53 Å². The summed E-state index contributed by atoms with van der Waals surface area (Å²) in [5, 5.41) is 3.87. The summed E-state index contributed by atoms with van der Waals surface area (Å²) in [6, 6.07) is 0. The number of hydrogen-bond acceptors (Lipinski definition) is 5. The van der Waals surface area contributed by atoms with Gasteiger partial charge in [-0.3, -0.25) is 4.79 Å². The van der Waals surface area contributed by atoms with Gasteiger partial charge in [-0.05, 0) is 59.3 Å². The molecular formula is C19H38N2O2S2. The maximum Gasteiger partial charge on any atom is 0.219 e. The average molecular weight is 391 g/mol. The molecule has 0 aromatic carbocycles. The second-order valence-corrected chi connectivity index (χ2v) is 10.9. The smallest absolute Gasteiger partial charge is 0.219 e. The summed E-state index contributed by atoms with van der Waals surface area (Å²) < 4.78 is 6.06. The van der Waals surface area contributed by atoms with Crippen LogP contribution in [0.4, 0.5) is 0 Å². The van der Waals surface area contributed by atoms with E-state index in [9.17, 15) is 4.79 Å². The molecule has 6 heteroatoms. The molecule has 1 amide bonds. The van der Waals surface area contributed by atoms with Gasteiger partial charge in [0.2, 0.25) is 5.91 Å². The summed E-state index contributed by atoms with van der Waals surface area (Å²) >= 11 is 0. The lowest BCUT2D eigenvalue weighted by Crippen LogP contribution is -2.38. The highest BCUT2D eigenvalue weighted by Crippen LogP contribution is 2.39. The maximum absolute atomic E-state index is 12.0. The van der Waals surface area contributed by atoms with Crippen LogP contribution < -0.4 is 11.1 Å². The van der Waals surface area contributed by atoms with E-state index in [1.165, 1.54) is 18.6 Å². The summed E-state index contributed by atoms with van der Waals surface area (Å²) in [5.41, 5.74) is 5.62. The molecule has 1 rings (SSSR count). The van der Waals surface area contributed by atoms with Gasteiger partial charge >= 0.3 is 0 Å². The normalized spacial score (nSPS) is 20.4. The molecule has 2 atom stereocenters. The van der Waals surface area contributed by atoms with E-state index < -0.39 is 0 Å². The van der Waals surface area contributed by atoms with Gasteiger partial charge in [-0.15, -0.1) is 0 Å². The van der Waals surface area contributed by atoms with Crippen molar-refractivity contribution >= 4 is 27.5 Å². The van der Waals surface area contributed by atoms with Gasteiger partial charge in [-0.2, -0.15) is 0 Å². The Hall–Kier alpha value is 0.0900. The third kappa shape index (κ3) is 11.4. The number of carbonyl (C=O) groups excluding carboxylic acids is 1. The first-order chi connectivity index (χ1) is 11.7. The third-order valence-corrected chi connectivity index (χ3v) is 7.83. The molecule has 0 bridgehead atoms. The Labute approximate surface area is 162 Å². The van der Waals surface area contributed by atoms with E-state index in [2.05, 4.69) is 19.2 Å². The molecule has 0 aliphatic carbocycles. The first-order valence-corrected chi connectivity index (χ1v) is 12.1. The summed E-state index contributed by atoms with van der Waals surface area (Å²) in [4.78, 5) is 12.0. The fourth-order valence-corrected chi connectivity index (χ4v) is 5.72. The Balaban J connectivity index is 2.10. The Bertz CT molecular complexity index is 382. The Kier molecular flexibility index (Phi) is 10.9. The largest absolute Gasteiger partial charge is 0.375 e. The van der Waals surface area contributed by atoms with Crippen molar-refractivity contribution in [1.82, 2.24) is 5.32 Å². The SMILES string of the molecule is CCC(C)(CCNC(=O)CCCCC1CCSS1)OCCC(C)(C)N. The molecule has 1 aliphatic rings. The Morgan fingerprint density at radius 1 is 1.28 bits per heavy atom. The fraction of sp³-hybridized carbons (Fsp3) is 0.947. The zero-order valence-corrected chi connectivity index (χ0v) is 18.2. The molecule has 1 saturated heterocycles. The zero-order chi connectivity index (χ0) is 18.8. The molecule has 1 fully saturated rings. The van der Waals surface area contributed by atoms with E-state index in [-0.39, 0.29) is 17.0 Å². The van der Waals surface area contributed by atoms with Crippen molar-refractivity contribution in [3.05, 3.63) is 0 Å². The van der Waals surface area contributed by atoms with Crippen LogP contribution in [-0.2, 0) is 9.53 Å². The fourth-order valence-electron chi connectivity index (χ4n) is 2.69.